The molecule has 0 spiro atoms. The molecule has 0 amide bonds. The molecule has 0 aliphatic rings. The van der Waals surface area contributed by atoms with Gasteiger partial charge in [0.15, 0.2) is 0 Å². The molecular formula is C17H30N2O. The van der Waals surface area contributed by atoms with Gasteiger partial charge in [0.2, 0.25) is 0 Å². The molecule has 0 aliphatic heterocycles. The van der Waals surface area contributed by atoms with Gasteiger partial charge in [0.25, 0.3) is 0 Å². The van der Waals surface area contributed by atoms with Crippen LogP contribution in [0.4, 0.5) is 5.69 Å². The van der Waals surface area contributed by atoms with Crippen LogP contribution in [-0.4, -0.2) is 33.4 Å². The van der Waals surface area contributed by atoms with Gasteiger partial charge in [-0.2, -0.15) is 0 Å². The zero-order valence-electron chi connectivity index (χ0n) is 13.7. The van der Waals surface area contributed by atoms with E-state index >= 15 is 0 Å². The SMILES string of the molecule is CCN(CC(C)C)c1ccc(CNCCOC)cc1C. The zero-order chi connectivity index (χ0) is 15.0. The van der Waals surface area contributed by atoms with E-state index < -0.39 is 0 Å². The molecule has 1 aromatic carbocycles. The maximum absolute atomic E-state index is 5.04. The molecule has 0 aromatic heterocycles. The summed E-state index contributed by atoms with van der Waals surface area (Å²) in [5.41, 5.74) is 4.06. The van der Waals surface area contributed by atoms with Crippen molar-refractivity contribution in [2.75, 3.05) is 38.3 Å². The number of rotatable bonds is 9. The number of benzene rings is 1. The van der Waals surface area contributed by atoms with E-state index in [0.29, 0.717) is 5.92 Å². The van der Waals surface area contributed by atoms with Crippen LogP contribution in [-0.2, 0) is 11.3 Å². The number of methoxy groups -OCH3 is 1. The smallest absolute Gasteiger partial charge is 0.0587 e. The molecule has 0 aliphatic carbocycles. The molecule has 0 radical (unpaired) electrons. The first-order valence-corrected chi connectivity index (χ1v) is 7.62. The number of hydrogen-bond donors (Lipinski definition) is 1. The Bertz CT molecular complexity index is 391. The van der Waals surface area contributed by atoms with Crippen molar-refractivity contribution in [1.82, 2.24) is 5.32 Å². The predicted molar refractivity (Wildman–Crippen MR) is 87.5 cm³/mol. The molecule has 0 atom stereocenters. The highest BCUT2D eigenvalue weighted by Crippen LogP contribution is 2.22. The van der Waals surface area contributed by atoms with Crippen molar-refractivity contribution < 1.29 is 4.74 Å². The van der Waals surface area contributed by atoms with E-state index in [1.54, 1.807) is 7.11 Å². The van der Waals surface area contributed by atoms with Crippen LogP contribution in [0.3, 0.4) is 0 Å². The van der Waals surface area contributed by atoms with Crippen LogP contribution in [0.25, 0.3) is 0 Å². The summed E-state index contributed by atoms with van der Waals surface area (Å²) in [5.74, 6) is 0.685. The van der Waals surface area contributed by atoms with Crippen molar-refractivity contribution in [2.24, 2.45) is 5.92 Å². The highest BCUT2D eigenvalue weighted by atomic mass is 16.5. The average molecular weight is 278 g/mol. The molecule has 20 heavy (non-hydrogen) atoms. The van der Waals surface area contributed by atoms with Crippen molar-refractivity contribution in [3.05, 3.63) is 29.3 Å². The highest BCUT2D eigenvalue weighted by molar-refractivity contribution is 5.54. The van der Waals surface area contributed by atoms with E-state index in [1.807, 2.05) is 0 Å². The number of nitrogens with zero attached hydrogens (tertiary/aromatic N) is 1. The Morgan fingerprint density at radius 2 is 2.05 bits per heavy atom. The first-order chi connectivity index (χ1) is 9.58. The van der Waals surface area contributed by atoms with Crippen molar-refractivity contribution >= 4 is 5.69 Å². The fourth-order valence-corrected chi connectivity index (χ4v) is 2.43. The van der Waals surface area contributed by atoms with Gasteiger partial charge in [0.05, 0.1) is 6.61 Å². The average Bonchev–Trinajstić information content (AvgIpc) is 2.41. The van der Waals surface area contributed by atoms with Gasteiger partial charge in [0.1, 0.15) is 0 Å². The van der Waals surface area contributed by atoms with Crippen LogP contribution in [0, 0.1) is 12.8 Å². The number of nitrogens with one attached hydrogen (secondary N) is 1. The second-order valence-electron chi connectivity index (χ2n) is 5.72. The summed E-state index contributed by atoms with van der Waals surface area (Å²) >= 11 is 0. The fourth-order valence-electron chi connectivity index (χ4n) is 2.43. The van der Waals surface area contributed by atoms with Crippen LogP contribution < -0.4 is 10.2 Å². The molecule has 0 heterocycles. The molecule has 0 bridgehead atoms. The fraction of sp³-hybridized carbons (Fsp3) is 0.647. The predicted octanol–water partition coefficient (Wildman–Crippen LogP) is 3.21. The standard InChI is InChI=1S/C17H30N2O/c1-6-19(13-14(2)3)17-8-7-16(11-15(17)4)12-18-9-10-20-5/h7-8,11,14,18H,6,9-10,12-13H2,1-5H3. The van der Waals surface area contributed by atoms with Crippen molar-refractivity contribution in [3.63, 3.8) is 0 Å². The third kappa shape index (κ3) is 5.51. The van der Waals surface area contributed by atoms with Crippen LogP contribution in [0.1, 0.15) is 31.9 Å². The van der Waals surface area contributed by atoms with E-state index in [1.165, 1.54) is 16.8 Å². The molecule has 3 heteroatoms. The van der Waals surface area contributed by atoms with Crippen LogP contribution >= 0.6 is 0 Å². The summed E-state index contributed by atoms with van der Waals surface area (Å²) in [6.07, 6.45) is 0. The molecule has 0 fully saturated rings. The Balaban J connectivity index is 2.66. The van der Waals surface area contributed by atoms with Gasteiger partial charge in [-0.1, -0.05) is 26.0 Å². The summed E-state index contributed by atoms with van der Waals surface area (Å²) in [6.45, 7) is 13.7. The van der Waals surface area contributed by atoms with E-state index in [9.17, 15) is 0 Å². The van der Waals surface area contributed by atoms with Gasteiger partial charge in [-0.05, 0) is 37.0 Å². The highest BCUT2D eigenvalue weighted by Gasteiger charge is 2.09. The van der Waals surface area contributed by atoms with E-state index in [2.05, 4.69) is 56.1 Å². The van der Waals surface area contributed by atoms with Crippen LogP contribution in [0.2, 0.25) is 0 Å². The summed E-state index contributed by atoms with van der Waals surface area (Å²) in [4.78, 5) is 2.46. The minimum atomic E-state index is 0.685. The van der Waals surface area contributed by atoms with Gasteiger partial charge in [0, 0.05) is 39.0 Å². The minimum Gasteiger partial charge on any atom is -0.383 e. The maximum Gasteiger partial charge on any atom is 0.0587 e. The summed E-state index contributed by atoms with van der Waals surface area (Å²) < 4.78 is 5.04. The van der Waals surface area contributed by atoms with E-state index in [-0.39, 0.29) is 0 Å². The minimum absolute atomic E-state index is 0.685. The third-order valence-electron chi connectivity index (χ3n) is 3.38. The second kappa shape index (κ2) is 8.98. The Morgan fingerprint density at radius 1 is 1.30 bits per heavy atom. The second-order valence-corrected chi connectivity index (χ2v) is 5.72. The molecule has 0 saturated carbocycles. The molecule has 1 rings (SSSR count). The quantitative estimate of drug-likeness (QED) is 0.702. The molecule has 1 aromatic rings. The lowest BCUT2D eigenvalue weighted by Crippen LogP contribution is -2.28. The van der Waals surface area contributed by atoms with Gasteiger partial charge in [-0.25, -0.2) is 0 Å². The zero-order valence-corrected chi connectivity index (χ0v) is 13.7. The summed E-state index contributed by atoms with van der Waals surface area (Å²) in [6, 6.07) is 6.78. The molecular weight excluding hydrogens is 248 g/mol. The number of aryl methyl sites for hydroxylation is 1. The van der Waals surface area contributed by atoms with Crippen molar-refractivity contribution in [1.29, 1.82) is 0 Å². The van der Waals surface area contributed by atoms with Crippen LogP contribution in [0.5, 0.6) is 0 Å². The van der Waals surface area contributed by atoms with Gasteiger partial charge in [-0.3, -0.25) is 0 Å². The van der Waals surface area contributed by atoms with Crippen molar-refractivity contribution in [2.45, 2.75) is 34.2 Å². The molecule has 0 saturated heterocycles. The lowest BCUT2D eigenvalue weighted by Gasteiger charge is -2.27. The normalized spacial score (nSPS) is 11.1. The Hall–Kier alpha value is -1.06. The summed E-state index contributed by atoms with van der Waals surface area (Å²) in [7, 11) is 1.73. The molecule has 0 unspecified atom stereocenters. The van der Waals surface area contributed by atoms with E-state index in [4.69, 9.17) is 4.74 Å². The Morgan fingerprint density at radius 3 is 2.60 bits per heavy atom. The largest absolute Gasteiger partial charge is 0.383 e. The molecule has 1 N–H and O–H groups in total. The van der Waals surface area contributed by atoms with E-state index in [0.717, 1.165) is 32.8 Å². The topological polar surface area (TPSA) is 24.5 Å². The number of hydrogen-bond acceptors (Lipinski definition) is 3. The Kier molecular flexibility index (Phi) is 7.63. The lowest BCUT2D eigenvalue weighted by atomic mass is 10.1. The number of anilines is 1. The van der Waals surface area contributed by atoms with Gasteiger partial charge in [-0.15, -0.1) is 0 Å². The third-order valence-corrected chi connectivity index (χ3v) is 3.38. The molecule has 114 valence electrons. The monoisotopic (exact) mass is 278 g/mol. The first-order valence-electron chi connectivity index (χ1n) is 7.62. The van der Waals surface area contributed by atoms with Gasteiger partial charge >= 0.3 is 0 Å². The maximum atomic E-state index is 5.04. The Labute approximate surface area is 124 Å². The number of ether oxygens (including phenoxy) is 1. The molecule has 3 nitrogen and oxygen atoms in total. The summed E-state index contributed by atoms with van der Waals surface area (Å²) in [5, 5.41) is 3.39. The first kappa shape index (κ1) is 17.0. The van der Waals surface area contributed by atoms with Gasteiger partial charge < -0.3 is 15.0 Å². The lowest BCUT2D eigenvalue weighted by molar-refractivity contribution is 0.199. The van der Waals surface area contributed by atoms with Crippen LogP contribution in [0.15, 0.2) is 18.2 Å². The van der Waals surface area contributed by atoms with Crippen molar-refractivity contribution in [3.8, 4) is 0 Å².